The molecule has 0 atom stereocenters. The van der Waals surface area contributed by atoms with Gasteiger partial charge in [0.05, 0.1) is 30.3 Å². The normalized spacial score (nSPS) is 12.2. The van der Waals surface area contributed by atoms with Gasteiger partial charge in [-0.25, -0.2) is 8.42 Å². The SMILES string of the molecule is Cc1[c-]c(C)c(N=c2ccc3c(-c4c(Cl)c(Cl)c(Cl)c(Cl)c4S(=O)(=O)O)c4ccc(Nc5c(C)cc(C)c(S(=O)(=O)[O-])c5C)cc4oc-3c2)c(C)c1.[Na+].[Na+]. The van der Waals surface area contributed by atoms with Gasteiger partial charge in [-0.15, -0.1) is 11.1 Å². The van der Waals surface area contributed by atoms with E-state index in [9.17, 15) is 25.9 Å². The first-order chi connectivity index (χ1) is 24.2. The monoisotopic (exact) mass is 862 g/mol. The molecule has 6 rings (SSSR count). The van der Waals surface area contributed by atoms with E-state index in [-0.39, 0.29) is 107 Å². The molecule has 0 spiro atoms. The van der Waals surface area contributed by atoms with Gasteiger partial charge in [-0.2, -0.15) is 26.1 Å². The number of hydrogen-bond acceptors (Lipinski definition) is 8. The number of nitrogens with one attached hydrogen (secondary N) is 1. The van der Waals surface area contributed by atoms with Crippen LogP contribution in [0.4, 0.5) is 17.1 Å². The molecule has 0 bridgehead atoms. The summed E-state index contributed by atoms with van der Waals surface area (Å²) in [6, 6.07) is 16.8. The Labute approximate surface area is 377 Å². The molecule has 4 aromatic carbocycles. The molecule has 9 nitrogen and oxygen atoms in total. The second-order valence-electron chi connectivity index (χ2n) is 12.4. The number of halogens is 4. The Morgan fingerprint density at radius 2 is 1.41 bits per heavy atom. The number of aryl methyl sites for hydroxylation is 5. The van der Waals surface area contributed by atoms with Crippen molar-refractivity contribution in [3.8, 4) is 22.5 Å². The maximum absolute atomic E-state index is 12.9. The van der Waals surface area contributed by atoms with E-state index in [1.165, 1.54) is 6.92 Å². The zero-order chi connectivity index (χ0) is 38.2. The maximum atomic E-state index is 12.9. The largest absolute Gasteiger partial charge is 1.00 e. The van der Waals surface area contributed by atoms with Crippen molar-refractivity contribution < 1.29 is 89.5 Å². The minimum Gasteiger partial charge on any atom is -0.744 e. The summed E-state index contributed by atoms with van der Waals surface area (Å²) in [4.78, 5) is 3.78. The molecule has 4 aromatic rings. The molecule has 2 N–H and O–H groups in total. The van der Waals surface area contributed by atoms with Crippen molar-refractivity contribution in [3.63, 3.8) is 0 Å². The van der Waals surface area contributed by atoms with Crippen LogP contribution in [0.1, 0.15) is 33.4 Å². The molecular formula is C37H28Cl4N2Na2O7S2. The Hall–Kier alpha value is -1.65. The maximum Gasteiger partial charge on any atom is 1.00 e. The average Bonchev–Trinajstić information content (AvgIpc) is 3.02. The molecule has 0 unspecified atom stereocenters. The molecule has 0 amide bonds. The molecule has 1 aliphatic carbocycles. The molecule has 2 aliphatic rings. The summed E-state index contributed by atoms with van der Waals surface area (Å²) in [7, 11) is -9.84. The molecule has 17 heteroatoms. The van der Waals surface area contributed by atoms with Gasteiger partial charge in [-0.1, -0.05) is 73.2 Å². The van der Waals surface area contributed by atoms with Crippen LogP contribution in [-0.2, 0) is 20.2 Å². The Bertz CT molecular complexity index is 2770. The summed E-state index contributed by atoms with van der Waals surface area (Å²) in [6.45, 7) is 10.7. The zero-order valence-electron chi connectivity index (χ0n) is 30.3. The van der Waals surface area contributed by atoms with Crippen molar-refractivity contribution in [1.29, 1.82) is 0 Å². The van der Waals surface area contributed by atoms with Gasteiger partial charge in [-0.3, -0.25) is 4.55 Å². The molecule has 1 heterocycles. The fraction of sp³-hybridized carbons (Fsp3) is 0.162. The van der Waals surface area contributed by atoms with E-state index in [0.717, 1.165) is 16.7 Å². The predicted molar refractivity (Wildman–Crippen MR) is 205 cm³/mol. The summed E-state index contributed by atoms with van der Waals surface area (Å²) in [5.41, 5.74) is 6.10. The molecule has 0 fully saturated rings. The third-order valence-electron chi connectivity index (χ3n) is 8.65. The van der Waals surface area contributed by atoms with E-state index in [1.54, 1.807) is 56.3 Å². The van der Waals surface area contributed by atoms with Crippen molar-refractivity contribution >= 4 is 94.7 Å². The molecule has 0 saturated heterocycles. The predicted octanol–water partition coefficient (Wildman–Crippen LogP) is 4.60. The minimum absolute atomic E-state index is 0. The van der Waals surface area contributed by atoms with Crippen LogP contribution in [-0.4, -0.2) is 25.9 Å². The summed E-state index contributed by atoms with van der Waals surface area (Å²) >= 11 is 25.9. The third kappa shape index (κ3) is 8.47. The third-order valence-corrected chi connectivity index (χ3v) is 12.6. The number of nitrogens with zero attached hydrogens (tertiary/aromatic N) is 1. The Morgan fingerprint density at radius 3 is 2.02 bits per heavy atom. The van der Waals surface area contributed by atoms with Gasteiger partial charge in [0.25, 0.3) is 10.1 Å². The summed E-state index contributed by atoms with van der Waals surface area (Å²) < 4.78 is 79.2. The van der Waals surface area contributed by atoms with Crippen molar-refractivity contribution in [1.82, 2.24) is 0 Å². The summed E-state index contributed by atoms with van der Waals surface area (Å²) in [5, 5.41) is 2.63. The zero-order valence-corrected chi connectivity index (χ0v) is 38.9. The fourth-order valence-electron chi connectivity index (χ4n) is 6.64. The Kier molecular flexibility index (Phi) is 13.9. The second kappa shape index (κ2) is 16.7. The number of hydrogen-bond donors (Lipinski definition) is 2. The van der Waals surface area contributed by atoms with Gasteiger partial charge in [0.2, 0.25) is 0 Å². The van der Waals surface area contributed by atoms with Crippen LogP contribution in [0.5, 0.6) is 0 Å². The standard InChI is InChI=1S/C37H29Cl4N2O7S2.2Na/c1-16-11-17(2)34(18(3)12-16)42-22-7-9-24-26(14-22)50-27-15-23(43-35-19(4)13-20(5)36(21(35)6)51(44,45)46)8-10-25(27)28(24)29-30(38)31(39)32(40)33(41)37(29)52(47,48)49;;/h7-11,13-15,43H,1-6H3,(H,44,45,46)(H,47,48,49);;/q-1;2*+1/p-1. The van der Waals surface area contributed by atoms with Gasteiger partial charge in [0.1, 0.15) is 26.4 Å². The molecule has 1 aliphatic heterocycles. The molecule has 54 heavy (non-hydrogen) atoms. The molecule has 270 valence electrons. The van der Waals surface area contributed by atoms with Crippen LogP contribution in [0, 0.1) is 47.6 Å². The van der Waals surface area contributed by atoms with Crippen LogP contribution in [0.2, 0.25) is 20.1 Å². The fourth-order valence-corrected chi connectivity index (χ4v) is 9.72. The number of benzene rings is 5. The van der Waals surface area contributed by atoms with Gasteiger partial charge in [-0.05, 0) is 67.4 Å². The second-order valence-corrected chi connectivity index (χ2v) is 16.6. The van der Waals surface area contributed by atoms with Crippen LogP contribution >= 0.6 is 46.4 Å². The van der Waals surface area contributed by atoms with Crippen molar-refractivity contribution in [3.05, 3.63) is 113 Å². The van der Waals surface area contributed by atoms with E-state index in [0.29, 0.717) is 44.5 Å². The topological polar surface area (TPSA) is 149 Å². The van der Waals surface area contributed by atoms with E-state index >= 15 is 0 Å². The van der Waals surface area contributed by atoms with E-state index in [4.69, 9.17) is 55.8 Å². The molecule has 0 aromatic heterocycles. The molecule has 0 saturated carbocycles. The van der Waals surface area contributed by atoms with E-state index < -0.39 is 30.2 Å². The van der Waals surface area contributed by atoms with E-state index in [1.807, 2.05) is 26.8 Å². The van der Waals surface area contributed by atoms with Crippen molar-refractivity contribution in [2.75, 3.05) is 5.32 Å². The summed E-state index contributed by atoms with van der Waals surface area (Å²) in [6.07, 6.45) is 0. The van der Waals surface area contributed by atoms with Gasteiger partial charge < -0.3 is 19.3 Å². The average molecular weight is 865 g/mol. The van der Waals surface area contributed by atoms with Gasteiger partial charge in [0.15, 0.2) is 0 Å². The number of rotatable bonds is 6. The van der Waals surface area contributed by atoms with Crippen molar-refractivity contribution in [2.45, 2.75) is 51.3 Å². The van der Waals surface area contributed by atoms with Crippen LogP contribution in [0.25, 0.3) is 33.4 Å². The minimum atomic E-state index is -5.05. The molecular weight excluding hydrogens is 836 g/mol. The van der Waals surface area contributed by atoms with Gasteiger partial charge in [0, 0.05) is 45.6 Å². The van der Waals surface area contributed by atoms with Gasteiger partial charge >= 0.3 is 59.1 Å². The Morgan fingerprint density at radius 1 is 0.759 bits per heavy atom. The smallest absolute Gasteiger partial charge is 0.744 e. The Balaban J connectivity index is 0.00000325. The van der Waals surface area contributed by atoms with Crippen molar-refractivity contribution in [2.24, 2.45) is 4.99 Å². The van der Waals surface area contributed by atoms with Crippen LogP contribution < -0.4 is 69.8 Å². The number of fused-ring (bicyclic) bond motifs is 2. The van der Waals surface area contributed by atoms with E-state index in [2.05, 4.69) is 11.4 Å². The quantitative estimate of drug-likeness (QED) is 0.0617. The summed E-state index contributed by atoms with van der Waals surface area (Å²) in [5.74, 6) is 0.245. The first-order valence-corrected chi connectivity index (χ1v) is 19.8. The van der Waals surface area contributed by atoms with Crippen LogP contribution in [0.3, 0.4) is 0 Å². The number of anilines is 2. The first kappa shape index (κ1) is 45.1. The molecule has 0 radical (unpaired) electrons. The first-order valence-electron chi connectivity index (χ1n) is 15.4. The van der Waals surface area contributed by atoms with Crippen LogP contribution in [0.15, 0.2) is 67.7 Å².